The third-order valence-corrected chi connectivity index (χ3v) is 5.41. The lowest BCUT2D eigenvalue weighted by molar-refractivity contribution is 0.0953. The maximum Gasteiger partial charge on any atom is 0.251 e. The minimum absolute atomic E-state index is 0.0567. The maximum atomic E-state index is 12.6. The van der Waals surface area contributed by atoms with Gasteiger partial charge in [-0.15, -0.1) is 0 Å². The van der Waals surface area contributed by atoms with Crippen LogP contribution in [0.5, 0.6) is 0 Å². The standard InChI is InChI=1S/C26H31NO3/c1-4-5-6-7-8-9-14-27-26(29)21-12-10-20(11-13-21)24-17-23(28)22-16-18(2)15-19(3)25(22)30-24/h10-13,15-17H,4-9,14H2,1-3H3,(H,27,29). The molecule has 3 aromatic rings. The first kappa shape index (κ1) is 21.8. The number of benzene rings is 2. The molecule has 2 aromatic carbocycles. The van der Waals surface area contributed by atoms with Crippen molar-refractivity contribution < 1.29 is 9.21 Å². The Bertz CT molecular complexity index is 1060. The summed E-state index contributed by atoms with van der Waals surface area (Å²) in [5, 5.41) is 3.58. The van der Waals surface area contributed by atoms with Gasteiger partial charge in [-0.2, -0.15) is 0 Å². The fourth-order valence-corrected chi connectivity index (χ4v) is 3.75. The molecule has 158 valence electrons. The molecule has 0 aliphatic rings. The molecule has 0 spiro atoms. The second kappa shape index (κ2) is 10.2. The Labute approximate surface area is 178 Å². The third-order valence-electron chi connectivity index (χ3n) is 5.41. The van der Waals surface area contributed by atoms with Crippen molar-refractivity contribution in [3.05, 3.63) is 69.4 Å². The van der Waals surface area contributed by atoms with Crippen LogP contribution >= 0.6 is 0 Å². The third kappa shape index (κ3) is 5.38. The lowest BCUT2D eigenvalue weighted by atomic mass is 10.1. The van der Waals surface area contributed by atoms with Crippen LogP contribution < -0.4 is 10.7 Å². The molecule has 0 unspecified atom stereocenters. The molecule has 30 heavy (non-hydrogen) atoms. The van der Waals surface area contributed by atoms with Crippen molar-refractivity contribution in [2.45, 2.75) is 59.3 Å². The zero-order valence-corrected chi connectivity index (χ0v) is 18.2. The molecule has 0 aliphatic carbocycles. The number of hydrogen-bond acceptors (Lipinski definition) is 3. The largest absolute Gasteiger partial charge is 0.456 e. The number of rotatable bonds is 9. The molecule has 0 saturated carbocycles. The van der Waals surface area contributed by atoms with Crippen LogP contribution in [0, 0.1) is 13.8 Å². The summed E-state index contributed by atoms with van der Waals surface area (Å²) in [5.74, 6) is 0.444. The highest BCUT2D eigenvalue weighted by Crippen LogP contribution is 2.25. The molecule has 4 nitrogen and oxygen atoms in total. The highest BCUT2D eigenvalue weighted by atomic mass is 16.3. The number of fused-ring (bicyclic) bond motifs is 1. The Kier molecular flexibility index (Phi) is 7.45. The molecule has 1 heterocycles. The van der Waals surface area contributed by atoms with Crippen LogP contribution in [0.25, 0.3) is 22.3 Å². The van der Waals surface area contributed by atoms with E-state index in [1.807, 2.05) is 38.1 Å². The van der Waals surface area contributed by atoms with Crippen LogP contribution in [0.2, 0.25) is 0 Å². The van der Waals surface area contributed by atoms with Gasteiger partial charge < -0.3 is 9.73 Å². The molecule has 0 saturated heterocycles. The van der Waals surface area contributed by atoms with Crippen LogP contribution in [-0.4, -0.2) is 12.5 Å². The summed E-state index contributed by atoms with van der Waals surface area (Å²) in [4.78, 5) is 24.9. The number of hydrogen-bond donors (Lipinski definition) is 1. The molecular formula is C26H31NO3. The Hall–Kier alpha value is -2.88. The van der Waals surface area contributed by atoms with Gasteiger partial charge in [0.05, 0.1) is 5.39 Å². The van der Waals surface area contributed by atoms with Crippen LogP contribution in [0.3, 0.4) is 0 Å². The summed E-state index contributed by atoms with van der Waals surface area (Å²) in [7, 11) is 0. The lowest BCUT2D eigenvalue weighted by Crippen LogP contribution is -2.24. The molecule has 0 bridgehead atoms. The average Bonchev–Trinajstić information content (AvgIpc) is 2.73. The second-order valence-corrected chi connectivity index (χ2v) is 8.03. The van der Waals surface area contributed by atoms with Gasteiger partial charge in [-0.1, -0.05) is 57.2 Å². The number of nitrogens with one attached hydrogen (secondary N) is 1. The Morgan fingerprint density at radius 2 is 1.63 bits per heavy atom. The molecule has 0 atom stereocenters. The van der Waals surface area contributed by atoms with Crippen molar-refractivity contribution in [1.29, 1.82) is 0 Å². The van der Waals surface area contributed by atoms with Crippen molar-refractivity contribution in [2.75, 3.05) is 6.54 Å². The summed E-state index contributed by atoms with van der Waals surface area (Å²) in [5.41, 5.74) is 3.93. The molecular weight excluding hydrogens is 374 g/mol. The molecule has 0 fully saturated rings. The van der Waals surface area contributed by atoms with E-state index >= 15 is 0 Å². The average molecular weight is 406 g/mol. The smallest absolute Gasteiger partial charge is 0.251 e. The van der Waals surface area contributed by atoms with Crippen LogP contribution in [0.4, 0.5) is 0 Å². The SMILES string of the molecule is CCCCCCCCNC(=O)c1ccc(-c2cc(=O)c3cc(C)cc(C)c3o2)cc1. The summed E-state index contributed by atoms with van der Waals surface area (Å²) >= 11 is 0. The van der Waals surface area contributed by atoms with Crippen LogP contribution in [0.15, 0.2) is 51.7 Å². The molecule has 1 aromatic heterocycles. The zero-order chi connectivity index (χ0) is 21.5. The van der Waals surface area contributed by atoms with Gasteiger partial charge in [0.15, 0.2) is 5.43 Å². The van der Waals surface area contributed by atoms with E-state index in [-0.39, 0.29) is 11.3 Å². The van der Waals surface area contributed by atoms with Gasteiger partial charge >= 0.3 is 0 Å². The highest BCUT2D eigenvalue weighted by Gasteiger charge is 2.11. The first-order valence-corrected chi connectivity index (χ1v) is 10.9. The van der Waals surface area contributed by atoms with E-state index in [0.29, 0.717) is 28.8 Å². The van der Waals surface area contributed by atoms with E-state index in [9.17, 15) is 9.59 Å². The van der Waals surface area contributed by atoms with E-state index in [0.717, 1.165) is 29.5 Å². The molecule has 4 heteroatoms. The molecule has 1 amide bonds. The molecule has 0 radical (unpaired) electrons. The van der Waals surface area contributed by atoms with Gasteiger partial charge in [0.1, 0.15) is 11.3 Å². The summed E-state index contributed by atoms with van der Waals surface area (Å²) < 4.78 is 6.03. The summed E-state index contributed by atoms with van der Waals surface area (Å²) in [6, 6.07) is 12.6. The molecule has 1 N–H and O–H groups in total. The van der Waals surface area contributed by atoms with Gasteiger partial charge in [0, 0.05) is 23.7 Å². The van der Waals surface area contributed by atoms with Crippen molar-refractivity contribution in [3.8, 4) is 11.3 Å². The topological polar surface area (TPSA) is 59.3 Å². The fourth-order valence-electron chi connectivity index (χ4n) is 3.75. The van der Waals surface area contributed by atoms with Crippen molar-refractivity contribution in [1.82, 2.24) is 5.32 Å². The predicted molar refractivity (Wildman–Crippen MR) is 123 cm³/mol. The minimum Gasteiger partial charge on any atom is -0.456 e. The van der Waals surface area contributed by atoms with Gasteiger partial charge in [-0.3, -0.25) is 9.59 Å². The quantitative estimate of drug-likeness (QED) is 0.433. The Balaban J connectivity index is 1.66. The monoisotopic (exact) mass is 405 g/mol. The minimum atomic E-state index is -0.0682. The fraction of sp³-hybridized carbons (Fsp3) is 0.385. The normalized spacial score (nSPS) is 11.0. The van der Waals surface area contributed by atoms with Crippen LogP contribution in [0.1, 0.15) is 66.9 Å². The van der Waals surface area contributed by atoms with Gasteiger partial charge in [0.25, 0.3) is 5.91 Å². The van der Waals surface area contributed by atoms with Crippen molar-refractivity contribution >= 4 is 16.9 Å². The Morgan fingerprint density at radius 3 is 2.37 bits per heavy atom. The van der Waals surface area contributed by atoms with Gasteiger partial charge in [-0.05, 0) is 49.6 Å². The summed E-state index contributed by atoms with van der Waals surface area (Å²) in [6.45, 7) is 6.82. The highest BCUT2D eigenvalue weighted by molar-refractivity contribution is 5.94. The summed E-state index contributed by atoms with van der Waals surface area (Å²) in [6.07, 6.45) is 7.20. The van der Waals surface area contributed by atoms with E-state index in [2.05, 4.69) is 12.2 Å². The Morgan fingerprint density at radius 1 is 0.933 bits per heavy atom. The first-order valence-electron chi connectivity index (χ1n) is 10.9. The predicted octanol–water partition coefficient (Wildman–Crippen LogP) is 6.17. The number of unbranched alkanes of at least 4 members (excludes halogenated alkanes) is 5. The van der Waals surface area contributed by atoms with Crippen molar-refractivity contribution in [3.63, 3.8) is 0 Å². The van der Waals surface area contributed by atoms with E-state index < -0.39 is 0 Å². The number of amides is 1. The molecule has 3 rings (SSSR count). The lowest BCUT2D eigenvalue weighted by Gasteiger charge is -2.08. The van der Waals surface area contributed by atoms with E-state index in [1.54, 1.807) is 12.1 Å². The van der Waals surface area contributed by atoms with E-state index in [1.165, 1.54) is 31.7 Å². The van der Waals surface area contributed by atoms with Gasteiger partial charge in [0.2, 0.25) is 0 Å². The molecule has 0 aliphatic heterocycles. The second-order valence-electron chi connectivity index (χ2n) is 8.03. The number of carbonyl (C=O) groups is 1. The van der Waals surface area contributed by atoms with Crippen molar-refractivity contribution in [2.24, 2.45) is 0 Å². The van der Waals surface area contributed by atoms with Crippen LogP contribution in [-0.2, 0) is 0 Å². The van der Waals surface area contributed by atoms with E-state index in [4.69, 9.17) is 4.42 Å². The number of aryl methyl sites for hydroxylation is 2. The number of carbonyl (C=O) groups excluding carboxylic acids is 1. The maximum absolute atomic E-state index is 12.6. The van der Waals surface area contributed by atoms with Gasteiger partial charge in [-0.25, -0.2) is 0 Å². The zero-order valence-electron chi connectivity index (χ0n) is 18.2. The first-order chi connectivity index (χ1) is 14.5.